The van der Waals surface area contributed by atoms with E-state index in [1.165, 1.54) is 16.7 Å². The van der Waals surface area contributed by atoms with Gasteiger partial charge in [0.2, 0.25) is 0 Å². The van der Waals surface area contributed by atoms with Crippen LogP contribution in [0.3, 0.4) is 0 Å². The molecule has 0 spiro atoms. The molecule has 182 valence electrons. The Morgan fingerprint density at radius 1 is 0.861 bits per heavy atom. The van der Waals surface area contributed by atoms with E-state index in [-0.39, 0.29) is 23.2 Å². The maximum absolute atomic E-state index is 13.6. The van der Waals surface area contributed by atoms with Crippen molar-refractivity contribution >= 4 is 11.9 Å². The van der Waals surface area contributed by atoms with Crippen LogP contribution >= 0.6 is 0 Å². The Morgan fingerprint density at radius 3 is 2.17 bits per heavy atom. The molecule has 2 N–H and O–H groups in total. The van der Waals surface area contributed by atoms with Gasteiger partial charge >= 0.3 is 11.9 Å². The summed E-state index contributed by atoms with van der Waals surface area (Å²) in [7, 11) is 0. The van der Waals surface area contributed by atoms with E-state index >= 15 is 0 Å². The van der Waals surface area contributed by atoms with E-state index in [1.807, 2.05) is 24.3 Å². The van der Waals surface area contributed by atoms with Crippen LogP contribution in [0, 0.1) is 0 Å². The highest BCUT2D eigenvalue weighted by Gasteiger charge is 2.16. The second kappa shape index (κ2) is 10.8. The minimum atomic E-state index is -1.00. The van der Waals surface area contributed by atoms with Crippen molar-refractivity contribution < 1.29 is 19.8 Å². The Morgan fingerprint density at radius 2 is 1.53 bits per heavy atom. The van der Waals surface area contributed by atoms with Gasteiger partial charge in [0, 0.05) is 0 Å². The summed E-state index contributed by atoms with van der Waals surface area (Å²) in [6.07, 6.45) is 4.06. The average Bonchev–Trinajstić information content (AvgIpc) is 2.89. The highest BCUT2D eigenvalue weighted by Crippen LogP contribution is 2.27. The van der Waals surface area contributed by atoms with Crippen molar-refractivity contribution in [3.05, 3.63) is 112 Å². The molecule has 0 aliphatic rings. The number of rotatable bonds is 9. The van der Waals surface area contributed by atoms with Crippen LogP contribution in [0.25, 0.3) is 22.3 Å². The molecule has 36 heavy (non-hydrogen) atoms. The smallest absolute Gasteiger partial charge is 0.336 e. The lowest BCUT2D eigenvalue weighted by Crippen LogP contribution is -2.24. The molecule has 0 bridgehead atoms. The number of aryl methyl sites for hydroxylation is 1. The van der Waals surface area contributed by atoms with Crippen LogP contribution in [0.15, 0.2) is 83.9 Å². The lowest BCUT2D eigenvalue weighted by Gasteiger charge is -2.13. The van der Waals surface area contributed by atoms with Crippen LogP contribution < -0.4 is 5.56 Å². The Kier molecular flexibility index (Phi) is 7.39. The van der Waals surface area contributed by atoms with Crippen molar-refractivity contribution in [2.75, 3.05) is 0 Å². The van der Waals surface area contributed by atoms with Gasteiger partial charge in [-0.2, -0.15) is 0 Å². The maximum atomic E-state index is 13.6. The second-order valence-electron chi connectivity index (χ2n) is 8.53. The van der Waals surface area contributed by atoms with E-state index in [9.17, 15) is 19.5 Å². The number of nitrogens with zero attached hydrogens (tertiary/aromatic N) is 2. The van der Waals surface area contributed by atoms with E-state index < -0.39 is 11.9 Å². The first-order valence-electron chi connectivity index (χ1n) is 11.7. The minimum Gasteiger partial charge on any atom is -0.478 e. The van der Waals surface area contributed by atoms with E-state index in [2.05, 4.69) is 11.9 Å². The minimum absolute atomic E-state index is 0.183. The summed E-state index contributed by atoms with van der Waals surface area (Å²) in [5, 5.41) is 18.6. The Balaban J connectivity index is 1.73. The summed E-state index contributed by atoms with van der Waals surface area (Å²) in [5.74, 6) is -2.00. The van der Waals surface area contributed by atoms with Crippen LogP contribution in [0.4, 0.5) is 0 Å². The highest BCUT2D eigenvalue weighted by molar-refractivity contribution is 5.96. The van der Waals surface area contributed by atoms with E-state index in [0.717, 1.165) is 29.7 Å². The summed E-state index contributed by atoms with van der Waals surface area (Å²) in [6.45, 7) is 2.34. The first-order chi connectivity index (χ1) is 17.4. The van der Waals surface area contributed by atoms with Crippen LogP contribution in [0.2, 0.25) is 0 Å². The molecule has 4 aromatic rings. The molecule has 0 saturated heterocycles. The zero-order chi connectivity index (χ0) is 25.7. The van der Waals surface area contributed by atoms with Crippen molar-refractivity contribution in [2.24, 2.45) is 0 Å². The summed E-state index contributed by atoms with van der Waals surface area (Å²) < 4.78 is 1.52. The largest absolute Gasteiger partial charge is 0.478 e. The number of aromatic nitrogens is 2. The molecule has 0 fully saturated rings. The van der Waals surface area contributed by atoms with Gasteiger partial charge in [-0.05, 0) is 53.3 Å². The molecular weight excluding hydrogens is 456 g/mol. The first kappa shape index (κ1) is 24.6. The zero-order valence-corrected chi connectivity index (χ0v) is 19.8. The molecule has 0 aliphatic carbocycles. The van der Waals surface area contributed by atoms with E-state index in [1.54, 1.807) is 42.7 Å². The maximum Gasteiger partial charge on any atom is 0.336 e. The SMILES string of the molecule is CCCCc1ncn(Cc2ccc(C(=O)O)cc2)c(=O)c1-c1ccc(-c2ccccc2C(=O)O)cc1. The molecule has 0 saturated carbocycles. The third-order valence-corrected chi connectivity index (χ3v) is 6.08. The molecule has 7 nitrogen and oxygen atoms in total. The Labute approximate surface area is 208 Å². The monoisotopic (exact) mass is 482 g/mol. The summed E-state index contributed by atoms with van der Waals surface area (Å²) in [5.41, 5.74) is 4.31. The van der Waals surface area contributed by atoms with Gasteiger partial charge in [0.1, 0.15) is 0 Å². The van der Waals surface area contributed by atoms with E-state index in [4.69, 9.17) is 5.11 Å². The van der Waals surface area contributed by atoms with Crippen LogP contribution in [-0.4, -0.2) is 31.7 Å². The van der Waals surface area contributed by atoms with Gasteiger partial charge in [0.25, 0.3) is 5.56 Å². The number of carbonyl (C=O) groups is 2. The lowest BCUT2D eigenvalue weighted by atomic mass is 9.96. The van der Waals surface area contributed by atoms with Gasteiger partial charge < -0.3 is 10.2 Å². The standard InChI is InChI=1S/C29H26N2O5/c1-2-3-8-25-26(21-15-13-20(14-16-21)23-6-4-5-7-24(23)29(35)36)27(32)31(18-30-25)17-19-9-11-22(12-10-19)28(33)34/h4-7,9-16,18H,2-3,8,17H2,1H3,(H,33,34)(H,35,36). The fourth-order valence-corrected chi connectivity index (χ4v) is 4.15. The molecule has 4 rings (SSSR count). The quantitative estimate of drug-likeness (QED) is 0.332. The number of unbranched alkanes of at least 4 members (excludes halogenated alkanes) is 1. The highest BCUT2D eigenvalue weighted by atomic mass is 16.4. The van der Waals surface area contributed by atoms with Gasteiger partial charge in [-0.25, -0.2) is 14.6 Å². The van der Waals surface area contributed by atoms with Gasteiger partial charge in [0.05, 0.1) is 35.3 Å². The van der Waals surface area contributed by atoms with Crippen molar-refractivity contribution in [3.63, 3.8) is 0 Å². The predicted molar refractivity (Wildman–Crippen MR) is 137 cm³/mol. The van der Waals surface area contributed by atoms with Gasteiger partial charge in [-0.3, -0.25) is 9.36 Å². The zero-order valence-electron chi connectivity index (χ0n) is 19.8. The molecular formula is C29H26N2O5. The normalized spacial score (nSPS) is 10.8. The molecule has 0 amide bonds. The third-order valence-electron chi connectivity index (χ3n) is 6.08. The Bertz CT molecular complexity index is 1450. The van der Waals surface area contributed by atoms with Gasteiger partial charge in [0.15, 0.2) is 0 Å². The summed E-state index contributed by atoms with van der Waals surface area (Å²) in [4.78, 5) is 40.9. The van der Waals surface area contributed by atoms with Crippen molar-refractivity contribution in [1.82, 2.24) is 9.55 Å². The van der Waals surface area contributed by atoms with Crippen molar-refractivity contribution in [1.29, 1.82) is 0 Å². The predicted octanol–water partition coefficient (Wildman–Crippen LogP) is 5.36. The van der Waals surface area contributed by atoms with Crippen molar-refractivity contribution in [3.8, 4) is 22.3 Å². The molecule has 0 radical (unpaired) electrons. The van der Waals surface area contributed by atoms with Crippen LogP contribution in [0.5, 0.6) is 0 Å². The number of carboxylic acid groups (broad SMARTS) is 2. The summed E-state index contributed by atoms with van der Waals surface area (Å²) >= 11 is 0. The second-order valence-corrected chi connectivity index (χ2v) is 8.53. The molecule has 1 aromatic heterocycles. The molecule has 7 heteroatoms. The van der Waals surface area contributed by atoms with Gasteiger partial charge in [-0.1, -0.05) is 67.9 Å². The number of hydrogen-bond acceptors (Lipinski definition) is 4. The fourth-order valence-electron chi connectivity index (χ4n) is 4.15. The first-order valence-corrected chi connectivity index (χ1v) is 11.7. The topological polar surface area (TPSA) is 109 Å². The number of hydrogen-bond donors (Lipinski definition) is 2. The fraction of sp³-hybridized carbons (Fsp3) is 0.172. The number of aromatic carboxylic acids is 2. The lowest BCUT2D eigenvalue weighted by molar-refractivity contribution is 0.0686. The van der Waals surface area contributed by atoms with Crippen LogP contribution in [-0.2, 0) is 13.0 Å². The third kappa shape index (κ3) is 5.25. The molecule has 0 unspecified atom stereocenters. The molecule has 3 aromatic carbocycles. The number of carboxylic acids is 2. The summed E-state index contributed by atoms with van der Waals surface area (Å²) in [6, 6.07) is 20.5. The molecule has 0 atom stereocenters. The molecule has 0 aliphatic heterocycles. The number of benzene rings is 3. The molecule has 1 heterocycles. The van der Waals surface area contributed by atoms with Crippen LogP contribution in [0.1, 0.15) is 51.7 Å². The van der Waals surface area contributed by atoms with Crippen molar-refractivity contribution in [2.45, 2.75) is 32.7 Å². The Hall–Kier alpha value is -4.52. The average molecular weight is 483 g/mol. The van der Waals surface area contributed by atoms with E-state index in [0.29, 0.717) is 23.1 Å². The van der Waals surface area contributed by atoms with Gasteiger partial charge in [-0.15, -0.1) is 0 Å².